The molecule has 1 aliphatic rings. The van der Waals surface area contributed by atoms with E-state index in [9.17, 15) is 4.79 Å². The minimum absolute atomic E-state index is 0.101. The van der Waals surface area contributed by atoms with E-state index < -0.39 is 5.97 Å². The minimum Gasteiger partial charge on any atom is -0.475 e. The Kier molecular flexibility index (Phi) is 1.73. The SMILES string of the molecule is O=C(O)c1ncc2c(n1)CSC2. The fourth-order valence-corrected chi connectivity index (χ4v) is 2.05. The lowest BCUT2D eigenvalue weighted by Gasteiger charge is -1.96. The molecule has 0 spiro atoms. The predicted molar refractivity (Wildman–Crippen MR) is 44.0 cm³/mol. The van der Waals surface area contributed by atoms with E-state index in [1.807, 2.05) is 0 Å². The van der Waals surface area contributed by atoms with Gasteiger partial charge in [-0.25, -0.2) is 14.8 Å². The normalized spacial score (nSPS) is 14.3. The Morgan fingerprint density at radius 1 is 1.58 bits per heavy atom. The van der Waals surface area contributed by atoms with E-state index >= 15 is 0 Å². The van der Waals surface area contributed by atoms with Crippen LogP contribution < -0.4 is 0 Å². The molecule has 1 aromatic heterocycles. The molecule has 0 bridgehead atoms. The van der Waals surface area contributed by atoms with E-state index in [0.717, 1.165) is 22.8 Å². The second-order valence-electron chi connectivity index (χ2n) is 2.46. The van der Waals surface area contributed by atoms with Crippen LogP contribution in [0.25, 0.3) is 0 Å². The molecule has 0 unspecified atom stereocenters. The molecule has 1 aliphatic heterocycles. The summed E-state index contributed by atoms with van der Waals surface area (Å²) in [5.74, 6) is 0.541. The highest BCUT2D eigenvalue weighted by Gasteiger charge is 2.16. The first-order valence-corrected chi connectivity index (χ1v) is 4.58. The molecule has 1 N–H and O–H groups in total. The second-order valence-corrected chi connectivity index (χ2v) is 3.45. The molecule has 0 atom stereocenters. The third-order valence-corrected chi connectivity index (χ3v) is 2.63. The molecule has 0 radical (unpaired) electrons. The van der Waals surface area contributed by atoms with Crippen molar-refractivity contribution in [3.63, 3.8) is 0 Å². The molecule has 2 heterocycles. The second kappa shape index (κ2) is 2.75. The molecule has 4 nitrogen and oxygen atoms in total. The number of hydrogen-bond acceptors (Lipinski definition) is 4. The van der Waals surface area contributed by atoms with Crippen LogP contribution in [0, 0.1) is 0 Å². The lowest BCUT2D eigenvalue weighted by Crippen LogP contribution is -2.05. The number of carboxylic acid groups (broad SMARTS) is 1. The number of aromatic carboxylic acids is 1. The lowest BCUT2D eigenvalue weighted by atomic mass is 10.3. The summed E-state index contributed by atoms with van der Waals surface area (Å²) in [6, 6.07) is 0. The van der Waals surface area contributed by atoms with Crippen molar-refractivity contribution in [2.75, 3.05) is 0 Å². The van der Waals surface area contributed by atoms with Crippen molar-refractivity contribution in [2.24, 2.45) is 0 Å². The third kappa shape index (κ3) is 1.16. The summed E-state index contributed by atoms with van der Waals surface area (Å²) in [7, 11) is 0. The lowest BCUT2D eigenvalue weighted by molar-refractivity contribution is 0.0683. The van der Waals surface area contributed by atoms with Gasteiger partial charge < -0.3 is 5.11 Å². The summed E-state index contributed by atoms with van der Waals surface area (Å²) in [6.45, 7) is 0. The molecular formula is C7H6N2O2S. The molecular weight excluding hydrogens is 176 g/mol. The van der Waals surface area contributed by atoms with Gasteiger partial charge in [-0.1, -0.05) is 0 Å². The van der Waals surface area contributed by atoms with Crippen molar-refractivity contribution in [2.45, 2.75) is 11.5 Å². The number of fused-ring (bicyclic) bond motifs is 1. The zero-order valence-electron chi connectivity index (χ0n) is 6.15. The molecule has 0 saturated carbocycles. The Morgan fingerprint density at radius 2 is 2.42 bits per heavy atom. The highest BCUT2D eigenvalue weighted by Crippen LogP contribution is 2.27. The molecule has 62 valence electrons. The number of rotatable bonds is 1. The Labute approximate surface area is 73.0 Å². The molecule has 12 heavy (non-hydrogen) atoms. The van der Waals surface area contributed by atoms with Gasteiger partial charge >= 0.3 is 5.97 Å². The quantitative estimate of drug-likeness (QED) is 0.699. The fraction of sp³-hybridized carbons (Fsp3) is 0.286. The molecule has 1 aromatic rings. The minimum atomic E-state index is -1.06. The Balaban J connectivity index is 2.45. The van der Waals surface area contributed by atoms with Crippen LogP contribution in [0.15, 0.2) is 6.20 Å². The first-order chi connectivity index (χ1) is 5.77. The average molecular weight is 182 g/mol. The molecule has 0 aromatic carbocycles. The summed E-state index contributed by atoms with van der Waals surface area (Å²) >= 11 is 1.73. The van der Waals surface area contributed by atoms with Gasteiger partial charge in [0.15, 0.2) is 0 Å². The van der Waals surface area contributed by atoms with E-state index in [1.54, 1.807) is 18.0 Å². The fourth-order valence-electron chi connectivity index (χ4n) is 1.05. The summed E-state index contributed by atoms with van der Waals surface area (Å²) in [5, 5.41) is 8.58. The molecule has 0 fully saturated rings. The highest BCUT2D eigenvalue weighted by molar-refractivity contribution is 7.98. The van der Waals surface area contributed by atoms with Crippen molar-refractivity contribution >= 4 is 17.7 Å². The van der Waals surface area contributed by atoms with E-state index in [-0.39, 0.29) is 5.82 Å². The third-order valence-electron chi connectivity index (χ3n) is 1.64. The van der Waals surface area contributed by atoms with Crippen molar-refractivity contribution in [1.29, 1.82) is 0 Å². The first kappa shape index (κ1) is 7.54. The summed E-state index contributed by atoms with van der Waals surface area (Å²) in [4.78, 5) is 18.1. The Hall–Kier alpha value is -1.10. The van der Waals surface area contributed by atoms with Gasteiger partial charge in [0.2, 0.25) is 5.82 Å². The molecule has 0 saturated heterocycles. The maximum atomic E-state index is 10.5. The van der Waals surface area contributed by atoms with Crippen LogP contribution in [0.4, 0.5) is 0 Å². The maximum absolute atomic E-state index is 10.5. The van der Waals surface area contributed by atoms with Gasteiger partial charge in [0.1, 0.15) is 0 Å². The Bertz CT molecular complexity index is 340. The first-order valence-electron chi connectivity index (χ1n) is 3.43. The maximum Gasteiger partial charge on any atom is 0.373 e. The number of hydrogen-bond donors (Lipinski definition) is 1. The average Bonchev–Trinajstić information content (AvgIpc) is 2.49. The van der Waals surface area contributed by atoms with Crippen molar-refractivity contribution in [3.8, 4) is 0 Å². The van der Waals surface area contributed by atoms with Crippen LogP contribution in [0.5, 0.6) is 0 Å². The molecule has 0 aliphatic carbocycles. The van der Waals surface area contributed by atoms with Gasteiger partial charge in [0.25, 0.3) is 0 Å². The summed E-state index contributed by atoms with van der Waals surface area (Å²) in [5.41, 5.74) is 1.93. The van der Waals surface area contributed by atoms with Gasteiger partial charge in [-0.15, -0.1) is 0 Å². The zero-order chi connectivity index (χ0) is 8.55. The van der Waals surface area contributed by atoms with E-state index in [2.05, 4.69) is 9.97 Å². The van der Waals surface area contributed by atoms with E-state index in [1.165, 1.54) is 0 Å². The zero-order valence-corrected chi connectivity index (χ0v) is 6.97. The predicted octanol–water partition coefficient (Wildman–Crippen LogP) is 0.922. The van der Waals surface area contributed by atoms with Crippen LogP contribution in [-0.4, -0.2) is 21.0 Å². The van der Waals surface area contributed by atoms with Gasteiger partial charge in [0.05, 0.1) is 5.69 Å². The van der Waals surface area contributed by atoms with Crippen LogP contribution in [0.1, 0.15) is 21.9 Å². The van der Waals surface area contributed by atoms with Gasteiger partial charge in [-0.3, -0.25) is 0 Å². The van der Waals surface area contributed by atoms with E-state index in [0.29, 0.717) is 0 Å². The number of thioether (sulfide) groups is 1. The summed E-state index contributed by atoms with van der Waals surface area (Å²) < 4.78 is 0. The molecule has 0 amide bonds. The van der Waals surface area contributed by atoms with E-state index in [4.69, 9.17) is 5.11 Å². The smallest absolute Gasteiger partial charge is 0.373 e. The number of carbonyl (C=O) groups is 1. The molecule has 5 heteroatoms. The van der Waals surface area contributed by atoms with Crippen molar-refractivity contribution < 1.29 is 9.90 Å². The molecule has 2 rings (SSSR count). The van der Waals surface area contributed by atoms with Crippen LogP contribution in [0.3, 0.4) is 0 Å². The number of carboxylic acids is 1. The number of aromatic nitrogens is 2. The van der Waals surface area contributed by atoms with Crippen LogP contribution in [-0.2, 0) is 11.5 Å². The summed E-state index contributed by atoms with van der Waals surface area (Å²) in [6.07, 6.45) is 1.60. The monoisotopic (exact) mass is 182 g/mol. The van der Waals surface area contributed by atoms with Gasteiger partial charge in [-0.05, 0) is 0 Å². The van der Waals surface area contributed by atoms with Crippen molar-refractivity contribution in [1.82, 2.24) is 9.97 Å². The van der Waals surface area contributed by atoms with Gasteiger partial charge in [0, 0.05) is 23.3 Å². The van der Waals surface area contributed by atoms with Crippen molar-refractivity contribution in [3.05, 3.63) is 23.3 Å². The largest absolute Gasteiger partial charge is 0.475 e. The van der Waals surface area contributed by atoms with Crippen LogP contribution >= 0.6 is 11.8 Å². The Morgan fingerprint density at radius 3 is 3.17 bits per heavy atom. The van der Waals surface area contributed by atoms with Gasteiger partial charge in [-0.2, -0.15) is 11.8 Å². The highest BCUT2D eigenvalue weighted by atomic mass is 32.2. The van der Waals surface area contributed by atoms with Crippen LogP contribution in [0.2, 0.25) is 0 Å². The standard InChI is InChI=1S/C7H6N2O2S/c10-7(11)6-8-1-4-2-12-3-5(4)9-6/h1H,2-3H2,(H,10,11). The number of nitrogens with zero attached hydrogens (tertiary/aromatic N) is 2. The topological polar surface area (TPSA) is 63.1 Å².